The van der Waals surface area contributed by atoms with Crippen LogP contribution in [0, 0.1) is 6.92 Å². The summed E-state index contributed by atoms with van der Waals surface area (Å²) in [6, 6.07) is 13.3. The smallest absolute Gasteiger partial charge is 0.328 e. The van der Waals surface area contributed by atoms with E-state index in [-0.39, 0.29) is 0 Å². The van der Waals surface area contributed by atoms with E-state index < -0.39 is 17.7 Å². The molecule has 0 saturated heterocycles. The number of carbonyl (C=O) groups excluding carboxylic acids is 3. The number of amides is 3. The van der Waals surface area contributed by atoms with E-state index in [1.807, 2.05) is 6.92 Å². The highest BCUT2D eigenvalue weighted by molar-refractivity contribution is 6.39. The van der Waals surface area contributed by atoms with Crippen LogP contribution < -0.4 is 20.9 Å². The fraction of sp³-hybridized carbons (Fsp3) is 0.118. The first kappa shape index (κ1) is 17.0. The molecule has 3 N–H and O–H groups in total. The minimum absolute atomic E-state index is 0.315. The second-order valence-corrected chi connectivity index (χ2v) is 4.96. The van der Waals surface area contributed by atoms with E-state index >= 15 is 0 Å². The summed E-state index contributed by atoms with van der Waals surface area (Å²) in [5.41, 5.74) is 6.07. The minimum atomic E-state index is -0.975. The lowest BCUT2D eigenvalue weighted by atomic mass is 10.2. The molecule has 7 heteroatoms. The van der Waals surface area contributed by atoms with Crippen molar-refractivity contribution < 1.29 is 19.1 Å². The van der Waals surface area contributed by atoms with Gasteiger partial charge in [-0.2, -0.15) is 0 Å². The van der Waals surface area contributed by atoms with Crippen molar-refractivity contribution in [2.24, 2.45) is 0 Å². The van der Waals surface area contributed by atoms with E-state index in [0.29, 0.717) is 17.0 Å². The molecule has 2 aromatic carbocycles. The molecule has 0 radical (unpaired) electrons. The van der Waals surface area contributed by atoms with Crippen molar-refractivity contribution in [3.8, 4) is 5.75 Å². The molecule has 0 aliphatic rings. The van der Waals surface area contributed by atoms with Crippen LogP contribution in [0.1, 0.15) is 15.9 Å². The Morgan fingerprint density at radius 3 is 2.04 bits per heavy atom. The first-order chi connectivity index (χ1) is 11.5. The van der Waals surface area contributed by atoms with E-state index in [2.05, 4.69) is 16.2 Å². The van der Waals surface area contributed by atoms with Crippen LogP contribution in [-0.4, -0.2) is 24.8 Å². The largest absolute Gasteiger partial charge is 0.497 e. The maximum absolute atomic E-state index is 11.9. The number of ether oxygens (including phenoxy) is 1. The Hall–Kier alpha value is -3.35. The normalized spacial score (nSPS) is 9.75. The summed E-state index contributed by atoms with van der Waals surface area (Å²) in [6.45, 7) is 1.91. The molecule has 0 unspecified atom stereocenters. The molecule has 0 bridgehead atoms. The Kier molecular flexibility index (Phi) is 5.51. The Balaban J connectivity index is 1.85. The van der Waals surface area contributed by atoms with E-state index in [1.165, 1.54) is 19.2 Å². The van der Waals surface area contributed by atoms with Crippen molar-refractivity contribution in [3.05, 3.63) is 59.7 Å². The van der Waals surface area contributed by atoms with Crippen LogP contribution in [0.15, 0.2) is 48.5 Å². The molecule has 0 spiro atoms. The first-order valence-electron chi connectivity index (χ1n) is 7.12. The zero-order chi connectivity index (χ0) is 17.5. The van der Waals surface area contributed by atoms with Crippen LogP contribution in [0.2, 0.25) is 0 Å². The van der Waals surface area contributed by atoms with Crippen LogP contribution in [0.5, 0.6) is 5.75 Å². The SMILES string of the molecule is COc1ccc(C(=O)NNC(=O)C(=O)Nc2ccc(C)cc2)cc1. The van der Waals surface area contributed by atoms with Gasteiger partial charge >= 0.3 is 11.8 Å². The number of hydrazine groups is 1. The van der Waals surface area contributed by atoms with Gasteiger partial charge in [-0.05, 0) is 43.3 Å². The number of hydrogen-bond acceptors (Lipinski definition) is 4. The highest BCUT2D eigenvalue weighted by atomic mass is 16.5. The zero-order valence-corrected chi connectivity index (χ0v) is 13.3. The fourth-order valence-corrected chi connectivity index (χ4v) is 1.81. The van der Waals surface area contributed by atoms with Gasteiger partial charge in [0.25, 0.3) is 5.91 Å². The van der Waals surface area contributed by atoms with Crippen molar-refractivity contribution in [1.82, 2.24) is 10.9 Å². The lowest BCUT2D eigenvalue weighted by molar-refractivity contribution is -0.136. The molecule has 3 amide bonds. The molecule has 0 fully saturated rings. The number of carbonyl (C=O) groups is 3. The quantitative estimate of drug-likeness (QED) is 0.586. The van der Waals surface area contributed by atoms with Gasteiger partial charge in [0.05, 0.1) is 7.11 Å². The average molecular weight is 327 g/mol. The number of aryl methyl sites for hydroxylation is 1. The van der Waals surface area contributed by atoms with Gasteiger partial charge in [-0.1, -0.05) is 17.7 Å². The Labute approximate surface area is 139 Å². The Morgan fingerprint density at radius 1 is 0.833 bits per heavy atom. The number of nitrogens with one attached hydrogen (secondary N) is 3. The Bertz CT molecular complexity index is 739. The lowest BCUT2D eigenvalue weighted by Crippen LogP contribution is -2.46. The highest BCUT2D eigenvalue weighted by Gasteiger charge is 2.15. The van der Waals surface area contributed by atoms with Crippen molar-refractivity contribution in [3.63, 3.8) is 0 Å². The van der Waals surface area contributed by atoms with Gasteiger partial charge in [-0.3, -0.25) is 25.2 Å². The number of hydrogen-bond donors (Lipinski definition) is 3. The first-order valence-corrected chi connectivity index (χ1v) is 7.12. The number of benzene rings is 2. The molecular formula is C17H17N3O4. The predicted molar refractivity (Wildman–Crippen MR) is 88.4 cm³/mol. The Morgan fingerprint density at radius 2 is 1.46 bits per heavy atom. The monoisotopic (exact) mass is 327 g/mol. The summed E-state index contributed by atoms with van der Waals surface area (Å²) in [6.07, 6.45) is 0. The van der Waals surface area contributed by atoms with Crippen LogP contribution >= 0.6 is 0 Å². The summed E-state index contributed by atoms with van der Waals surface area (Å²) in [5.74, 6) is -1.80. The third-order valence-electron chi connectivity index (χ3n) is 3.16. The van der Waals surface area contributed by atoms with Gasteiger partial charge in [0, 0.05) is 11.3 Å². The zero-order valence-electron chi connectivity index (χ0n) is 13.3. The summed E-state index contributed by atoms with van der Waals surface area (Å²) in [4.78, 5) is 35.3. The van der Waals surface area contributed by atoms with Crippen molar-refractivity contribution in [2.45, 2.75) is 6.92 Å². The number of rotatable bonds is 3. The average Bonchev–Trinajstić information content (AvgIpc) is 2.61. The van der Waals surface area contributed by atoms with Crippen molar-refractivity contribution in [2.75, 3.05) is 12.4 Å². The van der Waals surface area contributed by atoms with Gasteiger partial charge in [-0.25, -0.2) is 0 Å². The summed E-state index contributed by atoms with van der Waals surface area (Å²) < 4.78 is 4.99. The summed E-state index contributed by atoms with van der Waals surface area (Å²) in [5, 5.41) is 2.43. The summed E-state index contributed by atoms with van der Waals surface area (Å²) >= 11 is 0. The second kappa shape index (κ2) is 7.77. The molecular weight excluding hydrogens is 310 g/mol. The molecule has 2 rings (SSSR count). The highest BCUT2D eigenvalue weighted by Crippen LogP contribution is 2.11. The van der Waals surface area contributed by atoms with Crippen LogP contribution in [-0.2, 0) is 9.59 Å². The third-order valence-corrected chi connectivity index (χ3v) is 3.16. The number of methoxy groups -OCH3 is 1. The standard InChI is InChI=1S/C17H17N3O4/c1-11-3-7-13(8-4-11)18-16(22)17(23)20-19-15(21)12-5-9-14(24-2)10-6-12/h3-10H,1-2H3,(H,18,22)(H,19,21)(H,20,23). The molecule has 124 valence electrons. The molecule has 2 aromatic rings. The van der Waals surface area contributed by atoms with Gasteiger partial charge in [0.15, 0.2) is 0 Å². The van der Waals surface area contributed by atoms with Gasteiger partial charge in [0.2, 0.25) is 0 Å². The van der Waals surface area contributed by atoms with Crippen molar-refractivity contribution >= 4 is 23.4 Å². The predicted octanol–water partition coefficient (Wildman–Crippen LogP) is 1.40. The van der Waals surface area contributed by atoms with E-state index in [0.717, 1.165) is 5.56 Å². The van der Waals surface area contributed by atoms with Crippen LogP contribution in [0.4, 0.5) is 5.69 Å². The van der Waals surface area contributed by atoms with Crippen LogP contribution in [0.25, 0.3) is 0 Å². The molecule has 0 aliphatic carbocycles. The molecule has 0 aromatic heterocycles. The fourth-order valence-electron chi connectivity index (χ4n) is 1.81. The van der Waals surface area contributed by atoms with E-state index in [9.17, 15) is 14.4 Å². The maximum atomic E-state index is 11.9. The van der Waals surface area contributed by atoms with Gasteiger partial charge in [0.1, 0.15) is 5.75 Å². The number of anilines is 1. The van der Waals surface area contributed by atoms with Gasteiger partial charge in [-0.15, -0.1) is 0 Å². The molecule has 0 atom stereocenters. The second-order valence-electron chi connectivity index (χ2n) is 4.96. The van der Waals surface area contributed by atoms with E-state index in [1.54, 1.807) is 36.4 Å². The molecule has 0 saturated carbocycles. The lowest BCUT2D eigenvalue weighted by Gasteiger charge is -2.08. The van der Waals surface area contributed by atoms with Crippen LogP contribution in [0.3, 0.4) is 0 Å². The van der Waals surface area contributed by atoms with E-state index in [4.69, 9.17) is 4.74 Å². The topological polar surface area (TPSA) is 96.5 Å². The minimum Gasteiger partial charge on any atom is -0.497 e. The third kappa shape index (κ3) is 4.57. The summed E-state index contributed by atoms with van der Waals surface area (Å²) in [7, 11) is 1.52. The molecule has 7 nitrogen and oxygen atoms in total. The van der Waals surface area contributed by atoms with Crippen molar-refractivity contribution in [1.29, 1.82) is 0 Å². The van der Waals surface area contributed by atoms with Gasteiger partial charge < -0.3 is 10.1 Å². The molecule has 24 heavy (non-hydrogen) atoms. The molecule has 0 aliphatic heterocycles. The molecule has 0 heterocycles. The maximum Gasteiger partial charge on any atom is 0.328 e.